The van der Waals surface area contributed by atoms with Crippen LogP contribution in [-0.2, 0) is 7.05 Å². The Balaban J connectivity index is 1.84. The summed E-state index contributed by atoms with van der Waals surface area (Å²) >= 11 is 0. The van der Waals surface area contributed by atoms with Crippen molar-refractivity contribution in [2.45, 2.75) is 0 Å². The van der Waals surface area contributed by atoms with Gasteiger partial charge in [-0.3, -0.25) is 4.79 Å². The average molecular weight is 338 g/mol. The molecule has 3 aromatic rings. The Morgan fingerprint density at radius 2 is 2.04 bits per heavy atom. The molecule has 0 radical (unpaired) electrons. The molecule has 126 valence electrons. The Bertz CT molecular complexity index is 1070. The summed E-state index contributed by atoms with van der Waals surface area (Å²) in [5.74, 6) is -0.695. The minimum absolute atomic E-state index is 0.0398. The highest BCUT2D eigenvalue weighted by atomic mass is 16.5. The second-order valence-electron chi connectivity index (χ2n) is 5.67. The average Bonchev–Trinajstić information content (AvgIpc) is 3.09. The molecule has 4 rings (SSSR count). The largest absolute Gasteiger partial charge is 0.504 e. The van der Waals surface area contributed by atoms with E-state index >= 15 is 0 Å². The van der Waals surface area contributed by atoms with Gasteiger partial charge in [0.05, 0.1) is 23.7 Å². The Hall–Kier alpha value is -3.48. The van der Waals surface area contributed by atoms with E-state index in [4.69, 9.17) is 9.47 Å². The topological polar surface area (TPSA) is 93.8 Å². The number of benzene rings is 1. The first kappa shape index (κ1) is 15.1. The van der Waals surface area contributed by atoms with Crippen LogP contribution in [0.5, 0.6) is 23.1 Å². The van der Waals surface area contributed by atoms with Gasteiger partial charge in [0.1, 0.15) is 0 Å². The first-order valence-electron chi connectivity index (χ1n) is 7.49. The summed E-state index contributed by atoms with van der Waals surface area (Å²) in [6.45, 7) is 0. The third kappa shape index (κ3) is 2.20. The molecule has 2 aromatic heterocycles. The van der Waals surface area contributed by atoms with Gasteiger partial charge < -0.3 is 24.3 Å². The van der Waals surface area contributed by atoms with Crippen LogP contribution in [0.15, 0.2) is 36.2 Å². The lowest BCUT2D eigenvalue weighted by molar-refractivity contribution is 0.101. The van der Waals surface area contributed by atoms with Crippen molar-refractivity contribution in [3.63, 3.8) is 0 Å². The second kappa shape index (κ2) is 5.27. The van der Waals surface area contributed by atoms with E-state index in [1.165, 1.54) is 19.2 Å². The standard InChI is InChI=1S/C18H14N2O5/c1-20-8-9(15-11(20)4-6-14(19-15)24-2)7-13-16(22)10-3-5-12(21)17(23)18(10)25-13/h3-8,21,23H,1-2H3. The molecule has 1 aliphatic heterocycles. The number of phenolic OH excluding ortho intramolecular Hbond substituents is 2. The molecule has 1 aliphatic rings. The van der Waals surface area contributed by atoms with E-state index in [-0.39, 0.29) is 28.6 Å². The number of ether oxygens (including phenoxy) is 2. The van der Waals surface area contributed by atoms with Crippen molar-refractivity contribution in [3.8, 4) is 23.1 Å². The maximum Gasteiger partial charge on any atom is 0.232 e. The summed E-state index contributed by atoms with van der Waals surface area (Å²) in [6.07, 6.45) is 3.38. The molecular formula is C18H14N2O5. The van der Waals surface area contributed by atoms with Crippen LogP contribution in [0.25, 0.3) is 17.1 Å². The van der Waals surface area contributed by atoms with Crippen LogP contribution < -0.4 is 9.47 Å². The smallest absolute Gasteiger partial charge is 0.232 e. The molecule has 0 fully saturated rings. The van der Waals surface area contributed by atoms with E-state index in [1.54, 1.807) is 12.1 Å². The van der Waals surface area contributed by atoms with Crippen LogP contribution in [0.2, 0.25) is 0 Å². The minimum Gasteiger partial charge on any atom is -0.504 e. The SMILES string of the molecule is COc1ccc2c(n1)c(C=C1Oc3c(ccc(O)c3O)C1=O)cn2C. The normalized spacial score (nSPS) is 14.8. The monoisotopic (exact) mass is 338 g/mol. The summed E-state index contributed by atoms with van der Waals surface area (Å²) in [7, 11) is 3.40. The fourth-order valence-electron chi connectivity index (χ4n) is 2.86. The highest BCUT2D eigenvalue weighted by Crippen LogP contribution is 2.44. The number of methoxy groups -OCH3 is 1. The van der Waals surface area contributed by atoms with Crippen molar-refractivity contribution >= 4 is 22.9 Å². The highest BCUT2D eigenvalue weighted by Gasteiger charge is 2.31. The minimum atomic E-state index is -0.452. The van der Waals surface area contributed by atoms with Crippen molar-refractivity contribution < 1.29 is 24.5 Å². The first-order valence-corrected chi connectivity index (χ1v) is 7.49. The van der Waals surface area contributed by atoms with E-state index in [2.05, 4.69) is 4.98 Å². The maximum absolute atomic E-state index is 12.5. The fraction of sp³-hybridized carbons (Fsp3) is 0.111. The third-order valence-electron chi connectivity index (χ3n) is 4.12. The second-order valence-corrected chi connectivity index (χ2v) is 5.67. The van der Waals surface area contributed by atoms with Gasteiger partial charge in [-0.05, 0) is 24.3 Å². The molecule has 0 saturated heterocycles. The molecule has 7 nitrogen and oxygen atoms in total. The number of hydrogen-bond donors (Lipinski definition) is 2. The lowest BCUT2D eigenvalue weighted by Gasteiger charge is -2.02. The van der Waals surface area contributed by atoms with Gasteiger partial charge in [-0.25, -0.2) is 4.98 Å². The number of phenols is 2. The van der Waals surface area contributed by atoms with Crippen LogP contribution in [0.4, 0.5) is 0 Å². The molecule has 2 N–H and O–H groups in total. The van der Waals surface area contributed by atoms with Gasteiger partial charge in [-0.1, -0.05) is 0 Å². The molecule has 1 aromatic carbocycles. The van der Waals surface area contributed by atoms with E-state index in [1.807, 2.05) is 23.9 Å². The Kier molecular flexibility index (Phi) is 3.18. The molecule has 3 heterocycles. The van der Waals surface area contributed by atoms with E-state index in [9.17, 15) is 15.0 Å². The molecule has 0 amide bonds. The summed E-state index contributed by atoms with van der Waals surface area (Å²) in [6, 6.07) is 6.30. The number of Topliss-reactive ketones (excluding diaryl/α,β-unsaturated/α-hetero) is 1. The summed E-state index contributed by atoms with van der Waals surface area (Å²) < 4.78 is 12.5. The molecule has 0 spiro atoms. The number of hydrogen-bond acceptors (Lipinski definition) is 6. The quantitative estimate of drug-likeness (QED) is 0.551. The lowest BCUT2D eigenvalue weighted by atomic mass is 10.1. The van der Waals surface area contributed by atoms with Gasteiger partial charge in [0.15, 0.2) is 17.3 Å². The van der Waals surface area contributed by atoms with Gasteiger partial charge in [0, 0.05) is 24.9 Å². The van der Waals surface area contributed by atoms with Crippen molar-refractivity contribution in [2.24, 2.45) is 7.05 Å². The summed E-state index contributed by atoms with van der Waals surface area (Å²) in [5.41, 5.74) is 2.41. The van der Waals surface area contributed by atoms with E-state index < -0.39 is 5.75 Å². The Morgan fingerprint density at radius 1 is 1.24 bits per heavy atom. The first-order chi connectivity index (χ1) is 12.0. The highest BCUT2D eigenvalue weighted by molar-refractivity contribution is 6.15. The predicted molar refractivity (Wildman–Crippen MR) is 90.0 cm³/mol. The van der Waals surface area contributed by atoms with Crippen LogP contribution >= 0.6 is 0 Å². The number of nitrogens with zero attached hydrogens (tertiary/aromatic N) is 2. The van der Waals surface area contributed by atoms with Crippen molar-refractivity contribution in [1.29, 1.82) is 0 Å². The molecule has 0 aliphatic carbocycles. The zero-order valence-corrected chi connectivity index (χ0v) is 13.5. The summed E-state index contributed by atoms with van der Waals surface area (Å²) in [4.78, 5) is 16.9. The number of fused-ring (bicyclic) bond motifs is 2. The number of aryl methyl sites for hydroxylation is 1. The molecule has 25 heavy (non-hydrogen) atoms. The maximum atomic E-state index is 12.5. The molecule has 7 heteroatoms. The van der Waals surface area contributed by atoms with Crippen LogP contribution in [0.3, 0.4) is 0 Å². The number of carbonyl (C=O) groups is 1. The Morgan fingerprint density at radius 3 is 2.80 bits per heavy atom. The van der Waals surface area contributed by atoms with E-state index in [0.717, 1.165) is 5.52 Å². The van der Waals surface area contributed by atoms with Crippen LogP contribution in [-0.4, -0.2) is 32.7 Å². The number of pyridine rings is 1. The van der Waals surface area contributed by atoms with Crippen molar-refractivity contribution in [1.82, 2.24) is 9.55 Å². The van der Waals surface area contributed by atoms with Gasteiger partial charge in [-0.15, -0.1) is 0 Å². The molecule has 0 bridgehead atoms. The number of aromatic nitrogens is 2. The Labute approximate surface area is 142 Å². The van der Waals surface area contributed by atoms with E-state index in [0.29, 0.717) is 17.0 Å². The van der Waals surface area contributed by atoms with Gasteiger partial charge in [-0.2, -0.15) is 0 Å². The summed E-state index contributed by atoms with van der Waals surface area (Å²) in [5, 5.41) is 19.4. The third-order valence-corrected chi connectivity index (χ3v) is 4.12. The van der Waals surface area contributed by atoms with Gasteiger partial charge >= 0.3 is 0 Å². The van der Waals surface area contributed by atoms with Crippen LogP contribution in [0.1, 0.15) is 15.9 Å². The lowest BCUT2D eigenvalue weighted by Crippen LogP contribution is -1.98. The molecule has 0 unspecified atom stereocenters. The molecule has 0 atom stereocenters. The molecule has 0 saturated carbocycles. The van der Waals surface area contributed by atoms with Gasteiger partial charge in [0.2, 0.25) is 17.4 Å². The van der Waals surface area contributed by atoms with Crippen LogP contribution in [0, 0.1) is 0 Å². The zero-order chi connectivity index (χ0) is 17.7. The number of rotatable bonds is 2. The number of aromatic hydroxyl groups is 2. The zero-order valence-electron chi connectivity index (χ0n) is 13.5. The fourth-order valence-corrected chi connectivity index (χ4v) is 2.86. The molecular weight excluding hydrogens is 324 g/mol. The number of ketones is 1. The predicted octanol–water partition coefficient (Wildman–Crippen LogP) is 2.61. The number of allylic oxidation sites excluding steroid dienone is 1. The number of carbonyl (C=O) groups excluding carboxylic acids is 1. The van der Waals surface area contributed by atoms with Crippen molar-refractivity contribution in [2.75, 3.05) is 7.11 Å². The van der Waals surface area contributed by atoms with Crippen molar-refractivity contribution in [3.05, 3.63) is 47.3 Å². The van der Waals surface area contributed by atoms with Gasteiger partial charge in [0.25, 0.3) is 0 Å².